The average molecular weight is 346 g/mol. The van der Waals surface area contributed by atoms with Crippen LogP contribution >= 0.6 is 15.9 Å². The van der Waals surface area contributed by atoms with Gasteiger partial charge in [-0.05, 0) is 48.8 Å². The van der Waals surface area contributed by atoms with Gasteiger partial charge >= 0.3 is 0 Å². The average Bonchev–Trinajstić information content (AvgIpc) is 2.42. The summed E-state index contributed by atoms with van der Waals surface area (Å²) < 4.78 is 13.7. The van der Waals surface area contributed by atoms with Crippen LogP contribution in [0.4, 0.5) is 15.8 Å². The van der Waals surface area contributed by atoms with Crippen molar-refractivity contribution in [2.24, 2.45) is 0 Å². The summed E-state index contributed by atoms with van der Waals surface area (Å²) >= 11 is 3.10. The summed E-state index contributed by atoms with van der Waals surface area (Å²) in [5.74, 6) is -0.613. The molecular weight excluding hydrogens is 329 g/mol. The van der Waals surface area contributed by atoms with Crippen LogP contribution in [0.25, 0.3) is 0 Å². The Morgan fingerprint density at radius 1 is 1.45 bits per heavy atom. The van der Waals surface area contributed by atoms with E-state index in [2.05, 4.69) is 28.2 Å². The first-order valence-electron chi connectivity index (χ1n) is 6.43. The highest BCUT2D eigenvalue weighted by atomic mass is 79.9. The maximum absolute atomic E-state index is 13.5. The molecule has 1 heterocycles. The minimum absolute atomic E-state index is 0.0581. The van der Waals surface area contributed by atoms with E-state index in [0.29, 0.717) is 18.8 Å². The number of nitrogens with zero attached hydrogens (tertiary/aromatic N) is 2. The molecule has 5 nitrogen and oxygen atoms in total. The maximum atomic E-state index is 13.5. The van der Waals surface area contributed by atoms with E-state index >= 15 is 0 Å². The summed E-state index contributed by atoms with van der Waals surface area (Å²) in [4.78, 5) is 12.5. The smallest absolute Gasteiger partial charge is 0.295 e. The largest absolute Gasteiger partial charge is 0.366 e. The van der Waals surface area contributed by atoms with Crippen LogP contribution in [0.5, 0.6) is 0 Å². The lowest BCUT2D eigenvalue weighted by molar-refractivity contribution is -0.384. The Morgan fingerprint density at radius 3 is 2.55 bits per heavy atom. The number of anilines is 1. The normalized spacial score (nSPS) is 18.1. The molecule has 0 atom stereocenters. The predicted molar refractivity (Wildman–Crippen MR) is 79.7 cm³/mol. The summed E-state index contributed by atoms with van der Waals surface area (Å²) in [5.41, 5.74) is 0.350. The van der Waals surface area contributed by atoms with E-state index in [4.69, 9.17) is 0 Å². The fourth-order valence-electron chi connectivity index (χ4n) is 2.42. The van der Waals surface area contributed by atoms with Crippen molar-refractivity contribution in [2.75, 3.05) is 25.0 Å². The Hall–Kier alpha value is -1.21. The second-order valence-corrected chi connectivity index (χ2v) is 6.16. The fourth-order valence-corrected chi connectivity index (χ4v) is 2.75. The monoisotopic (exact) mass is 345 g/mol. The van der Waals surface area contributed by atoms with Crippen LogP contribution in [0, 0.1) is 15.9 Å². The van der Waals surface area contributed by atoms with Gasteiger partial charge in [0.2, 0.25) is 0 Å². The topological polar surface area (TPSA) is 58.4 Å². The minimum Gasteiger partial charge on any atom is -0.366 e. The number of nitrogens with one attached hydrogen (secondary N) is 1. The number of hydrogen-bond acceptors (Lipinski definition) is 4. The second kappa shape index (κ2) is 5.65. The molecule has 0 saturated carbocycles. The van der Waals surface area contributed by atoms with Gasteiger partial charge in [-0.2, -0.15) is 0 Å². The van der Waals surface area contributed by atoms with Gasteiger partial charge in [-0.25, -0.2) is 4.39 Å². The molecule has 1 aromatic rings. The first-order chi connectivity index (χ1) is 9.36. The highest BCUT2D eigenvalue weighted by Gasteiger charge is 2.31. The van der Waals surface area contributed by atoms with Crippen LogP contribution in [-0.2, 0) is 0 Å². The molecule has 1 fully saturated rings. The summed E-state index contributed by atoms with van der Waals surface area (Å²) in [7, 11) is 1.92. The molecule has 1 aliphatic rings. The number of nitro groups is 1. The molecule has 0 spiro atoms. The van der Waals surface area contributed by atoms with E-state index in [0.717, 1.165) is 18.9 Å². The van der Waals surface area contributed by atoms with E-state index in [1.807, 2.05) is 11.9 Å². The van der Waals surface area contributed by atoms with Crippen molar-refractivity contribution >= 4 is 27.3 Å². The summed E-state index contributed by atoms with van der Waals surface area (Å²) in [5, 5.41) is 14.4. The SMILES string of the molecule is CNC1(C)CCN(c2cc(Br)c(F)cc2[N+](=O)[O-])CC1. The lowest BCUT2D eigenvalue weighted by atomic mass is 9.89. The molecule has 1 aliphatic heterocycles. The van der Waals surface area contributed by atoms with Gasteiger partial charge in [0, 0.05) is 18.6 Å². The predicted octanol–water partition coefficient (Wildman–Crippen LogP) is 3.07. The Labute approximate surface area is 125 Å². The maximum Gasteiger partial charge on any atom is 0.295 e. The number of benzene rings is 1. The molecule has 0 aromatic heterocycles. The molecule has 0 bridgehead atoms. The zero-order valence-electron chi connectivity index (χ0n) is 11.4. The number of rotatable bonds is 3. The van der Waals surface area contributed by atoms with Crippen LogP contribution in [0.15, 0.2) is 16.6 Å². The Bertz CT molecular complexity index is 531. The van der Waals surface area contributed by atoms with Crippen LogP contribution in [0.2, 0.25) is 0 Å². The van der Waals surface area contributed by atoms with Crippen molar-refractivity contribution < 1.29 is 9.31 Å². The lowest BCUT2D eigenvalue weighted by Gasteiger charge is -2.40. The molecule has 0 radical (unpaired) electrons. The van der Waals surface area contributed by atoms with Gasteiger partial charge in [0.15, 0.2) is 0 Å². The van der Waals surface area contributed by atoms with Gasteiger partial charge < -0.3 is 10.2 Å². The van der Waals surface area contributed by atoms with E-state index in [9.17, 15) is 14.5 Å². The number of nitro benzene ring substituents is 1. The Morgan fingerprint density at radius 2 is 2.05 bits per heavy atom. The zero-order chi connectivity index (χ0) is 14.9. The molecular formula is C13H17BrFN3O2. The molecule has 1 N–H and O–H groups in total. The van der Waals surface area contributed by atoms with Crippen molar-refractivity contribution in [2.45, 2.75) is 25.3 Å². The van der Waals surface area contributed by atoms with Crippen LogP contribution < -0.4 is 10.2 Å². The summed E-state index contributed by atoms with van der Waals surface area (Å²) in [6.07, 6.45) is 1.77. The molecule has 1 aromatic carbocycles. The summed E-state index contributed by atoms with van der Waals surface area (Å²) in [6, 6.07) is 2.47. The van der Waals surface area contributed by atoms with E-state index in [1.54, 1.807) is 0 Å². The van der Waals surface area contributed by atoms with E-state index in [-0.39, 0.29) is 15.7 Å². The van der Waals surface area contributed by atoms with Gasteiger partial charge in [-0.1, -0.05) is 0 Å². The highest BCUT2D eigenvalue weighted by molar-refractivity contribution is 9.10. The quantitative estimate of drug-likeness (QED) is 0.675. The van der Waals surface area contributed by atoms with Crippen LogP contribution in [0.1, 0.15) is 19.8 Å². The molecule has 7 heteroatoms. The van der Waals surface area contributed by atoms with Crippen molar-refractivity contribution in [1.29, 1.82) is 0 Å². The molecule has 110 valence electrons. The summed E-state index contributed by atoms with van der Waals surface area (Å²) in [6.45, 7) is 3.55. The third-order valence-corrected chi connectivity index (χ3v) is 4.63. The third kappa shape index (κ3) is 2.93. The van der Waals surface area contributed by atoms with Crippen molar-refractivity contribution in [3.8, 4) is 0 Å². The molecule has 0 aliphatic carbocycles. The lowest BCUT2D eigenvalue weighted by Crippen LogP contribution is -2.50. The van der Waals surface area contributed by atoms with Gasteiger partial charge in [-0.15, -0.1) is 0 Å². The van der Waals surface area contributed by atoms with Gasteiger partial charge in [-0.3, -0.25) is 10.1 Å². The zero-order valence-corrected chi connectivity index (χ0v) is 13.0. The van der Waals surface area contributed by atoms with E-state index < -0.39 is 10.7 Å². The van der Waals surface area contributed by atoms with Crippen LogP contribution in [-0.4, -0.2) is 30.6 Å². The molecule has 0 unspecified atom stereocenters. The van der Waals surface area contributed by atoms with Gasteiger partial charge in [0.1, 0.15) is 11.5 Å². The molecule has 0 amide bonds. The second-order valence-electron chi connectivity index (χ2n) is 5.31. The number of piperidine rings is 1. The first-order valence-corrected chi connectivity index (χ1v) is 7.23. The standard InChI is InChI=1S/C13H17BrFN3O2/c1-13(16-2)3-5-17(6-4-13)11-7-9(14)10(15)8-12(11)18(19)20/h7-8,16H,3-6H2,1-2H3. The Kier molecular flexibility index (Phi) is 4.29. The highest BCUT2D eigenvalue weighted by Crippen LogP contribution is 2.36. The van der Waals surface area contributed by atoms with E-state index in [1.165, 1.54) is 6.07 Å². The van der Waals surface area contributed by atoms with Crippen molar-refractivity contribution in [3.05, 3.63) is 32.5 Å². The molecule has 2 rings (SSSR count). The van der Waals surface area contributed by atoms with Crippen molar-refractivity contribution in [1.82, 2.24) is 5.32 Å². The number of halogens is 2. The number of hydrogen-bond donors (Lipinski definition) is 1. The van der Waals surface area contributed by atoms with Crippen molar-refractivity contribution in [3.63, 3.8) is 0 Å². The molecule has 20 heavy (non-hydrogen) atoms. The van der Waals surface area contributed by atoms with Gasteiger partial charge in [0.25, 0.3) is 5.69 Å². The molecule has 1 saturated heterocycles. The Balaban J connectivity index is 2.30. The first kappa shape index (κ1) is 15.2. The fraction of sp³-hybridized carbons (Fsp3) is 0.538. The third-order valence-electron chi connectivity index (χ3n) is 4.03. The minimum atomic E-state index is -0.613. The van der Waals surface area contributed by atoms with Crippen LogP contribution in [0.3, 0.4) is 0 Å². The van der Waals surface area contributed by atoms with Gasteiger partial charge in [0.05, 0.1) is 15.5 Å².